The molecular formula is C16H22BrNO3. The molecule has 0 saturated heterocycles. The molecular weight excluding hydrogens is 334 g/mol. The van der Waals surface area contributed by atoms with Crippen LogP contribution in [0.25, 0.3) is 0 Å². The molecule has 0 heterocycles. The van der Waals surface area contributed by atoms with Crippen LogP contribution in [0.1, 0.15) is 38.7 Å². The summed E-state index contributed by atoms with van der Waals surface area (Å²) in [6, 6.07) is 6.98. The van der Waals surface area contributed by atoms with Gasteiger partial charge in [0, 0.05) is 4.47 Å². The molecule has 21 heavy (non-hydrogen) atoms. The number of unbranched alkanes of at least 4 members (excludes halogenated alkanes) is 1. The smallest absolute Gasteiger partial charge is 0.328 e. The van der Waals surface area contributed by atoms with Crippen LogP contribution in [-0.4, -0.2) is 24.5 Å². The van der Waals surface area contributed by atoms with E-state index in [1.54, 1.807) is 0 Å². The summed E-state index contributed by atoms with van der Waals surface area (Å²) in [5, 5.41) is 2.73. The lowest BCUT2D eigenvalue weighted by molar-refractivity contribution is -0.148. The van der Waals surface area contributed by atoms with Gasteiger partial charge in [-0.15, -0.1) is 0 Å². The summed E-state index contributed by atoms with van der Waals surface area (Å²) in [6.45, 7) is 4.30. The fraction of sp³-hybridized carbons (Fsp3) is 0.500. The number of carbonyl (C=O) groups excluding carboxylic acids is 2. The number of hydrogen-bond acceptors (Lipinski definition) is 3. The monoisotopic (exact) mass is 355 g/mol. The first kappa shape index (κ1) is 17.7. The average molecular weight is 356 g/mol. The molecule has 0 bridgehead atoms. The molecule has 1 aromatic carbocycles. The van der Waals surface area contributed by atoms with Gasteiger partial charge in [-0.05, 0) is 30.5 Å². The predicted molar refractivity (Wildman–Crippen MR) is 85.9 cm³/mol. The van der Waals surface area contributed by atoms with Gasteiger partial charge in [-0.3, -0.25) is 4.79 Å². The van der Waals surface area contributed by atoms with Crippen molar-refractivity contribution in [2.75, 3.05) is 6.61 Å². The first-order valence-electron chi connectivity index (χ1n) is 7.27. The molecule has 0 aromatic heterocycles. The number of hydrogen-bond donors (Lipinski definition) is 1. The van der Waals surface area contributed by atoms with Gasteiger partial charge in [0.2, 0.25) is 5.91 Å². The molecule has 4 nitrogen and oxygen atoms in total. The van der Waals surface area contributed by atoms with Crippen LogP contribution < -0.4 is 5.32 Å². The number of amides is 1. The van der Waals surface area contributed by atoms with Gasteiger partial charge in [0.1, 0.15) is 6.04 Å². The fourth-order valence-electron chi connectivity index (χ4n) is 1.82. The Morgan fingerprint density at radius 1 is 1.33 bits per heavy atom. The molecule has 0 saturated carbocycles. The van der Waals surface area contributed by atoms with Crippen molar-refractivity contribution < 1.29 is 14.3 Å². The molecule has 116 valence electrons. The number of rotatable bonds is 8. The van der Waals surface area contributed by atoms with Gasteiger partial charge in [-0.2, -0.15) is 0 Å². The van der Waals surface area contributed by atoms with Gasteiger partial charge in [-0.25, -0.2) is 4.79 Å². The third kappa shape index (κ3) is 6.76. The van der Waals surface area contributed by atoms with Crippen LogP contribution in [0.3, 0.4) is 0 Å². The van der Waals surface area contributed by atoms with E-state index in [2.05, 4.69) is 21.2 Å². The van der Waals surface area contributed by atoms with E-state index in [9.17, 15) is 9.59 Å². The lowest BCUT2D eigenvalue weighted by Gasteiger charge is -2.16. The van der Waals surface area contributed by atoms with E-state index >= 15 is 0 Å². The quantitative estimate of drug-likeness (QED) is 0.575. The van der Waals surface area contributed by atoms with Crippen LogP contribution in [0, 0.1) is 0 Å². The summed E-state index contributed by atoms with van der Waals surface area (Å²) in [5.41, 5.74) is 0.899. The summed E-state index contributed by atoms with van der Waals surface area (Å²) in [7, 11) is 0. The summed E-state index contributed by atoms with van der Waals surface area (Å²) in [4.78, 5) is 23.8. The minimum atomic E-state index is -0.568. The Labute approximate surface area is 134 Å². The Bertz CT molecular complexity index is 476. The molecule has 1 amide bonds. The highest BCUT2D eigenvalue weighted by atomic mass is 79.9. The lowest BCUT2D eigenvalue weighted by atomic mass is 10.1. The highest BCUT2D eigenvalue weighted by molar-refractivity contribution is 9.10. The Kier molecular flexibility index (Phi) is 8.05. The molecule has 1 rings (SSSR count). The highest BCUT2D eigenvalue weighted by Gasteiger charge is 2.20. The molecule has 0 radical (unpaired) electrons. The zero-order valence-corrected chi connectivity index (χ0v) is 14.1. The summed E-state index contributed by atoms with van der Waals surface area (Å²) >= 11 is 3.37. The Morgan fingerprint density at radius 3 is 2.71 bits per heavy atom. The van der Waals surface area contributed by atoms with Gasteiger partial charge < -0.3 is 10.1 Å². The normalized spacial score (nSPS) is 11.8. The van der Waals surface area contributed by atoms with E-state index in [0.717, 1.165) is 22.9 Å². The molecule has 0 fully saturated rings. The van der Waals surface area contributed by atoms with E-state index in [4.69, 9.17) is 4.74 Å². The molecule has 0 spiro atoms. The third-order valence-electron chi connectivity index (χ3n) is 3.02. The fourth-order valence-corrected chi connectivity index (χ4v) is 2.27. The van der Waals surface area contributed by atoms with Crippen molar-refractivity contribution in [1.82, 2.24) is 5.32 Å². The number of esters is 1. The largest absolute Gasteiger partial charge is 0.464 e. The van der Waals surface area contributed by atoms with Gasteiger partial charge in [0.25, 0.3) is 0 Å². The first-order chi connectivity index (χ1) is 10.1. The second-order valence-corrected chi connectivity index (χ2v) is 5.77. The Balaban J connectivity index is 2.48. The number of halogens is 1. The van der Waals surface area contributed by atoms with E-state index in [0.29, 0.717) is 13.0 Å². The Morgan fingerprint density at radius 2 is 2.10 bits per heavy atom. The van der Waals surface area contributed by atoms with Crippen molar-refractivity contribution in [1.29, 1.82) is 0 Å². The van der Waals surface area contributed by atoms with E-state index in [1.165, 1.54) is 0 Å². The van der Waals surface area contributed by atoms with Crippen molar-refractivity contribution in [2.24, 2.45) is 0 Å². The van der Waals surface area contributed by atoms with Crippen molar-refractivity contribution in [3.63, 3.8) is 0 Å². The van der Waals surface area contributed by atoms with Crippen molar-refractivity contribution in [3.8, 4) is 0 Å². The first-order valence-corrected chi connectivity index (χ1v) is 8.06. The van der Waals surface area contributed by atoms with Crippen LogP contribution in [0.5, 0.6) is 0 Å². The summed E-state index contributed by atoms with van der Waals surface area (Å²) in [5.74, 6) is -0.527. The molecule has 5 heteroatoms. The second kappa shape index (κ2) is 9.55. The average Bonchev–Trinajstić information content (AvgIpc) is 2.44. The molecule has 1 N–H and O–H groups in total. The minimum absolute atomic E-state index is 0.174. The van der Waals surface area contributed by atoms with Gasteiger partial charge in [-0.1, -0.05) is 48.3 Å². The number of benzene rings is 1. The van der Waals surface area contributed by atoms with Crippen LogP contribution in [-0.2, 0) is 20.7 Å². The highest BCUT2D eigenvalue weighted by Crippen LogP contribution is 2.12. The van der Waals surface area contributed by atoms with Gasteiger partial charge in [0.05, 0.1) is 13.0 Å². The summed E-state index contributed by atoms with van der Waals surface area (Å²) < 4.78 is 6.07. The molecule has 1 unspecified atom stereocenters. The third-order valence-corrected chi connectivity index (χ3v) is 3.52. The summed E-state index contributed by atoms with van der Waals surface area (Å²) in [6.07, 6.45) is 2.58. The predicted octanol–water partition coefficient (Wildman–Crippen LogP) is 3.23. The molecule has 1 aromatic rings. The molecule has 0 aliphatic heterocycles. The molecule has 1 atom stereocenters. The van der Waals surface area contributed by atoms with Crippen LogP contribution in [0.2, 0.25) is 0 Å². The zero-order valence-electron chi connectivity index (χ0n) is 12.5. The topological polar surface area (TPSA) is 55.4 Å². The van der Waals surface area contributed by atoms with Crippen LogP contribution in [0.15, 0.2) is 28.7 Å². The lowest BCUT2D eigenvalue weighted by Crippen LogP contribution is -2.42. The van der Waals surface area contributed by atoms with Gasteiger partial charge >= 0.3 is 5.97 Å². The molecule has 0 aliphatic rings. The Hall–Kier alpha value is -1.36. The minimum Gasteiger partial charge on any atom is -0.464 e. The standard InChI is InChI=1S/C16H22BrNO3/c1-3-5-9-21-16(20)14(4-2)18-15(19)11-12-7-6-8-13(17)10-12/h6-8,10,14H,3-5,9,11H2,1-2H3,(H,18,19). The zero-order chi connectivity index (χ0) is 15.7. The van der Waals surface area contributed by atoms with Crippen LogP contribution >= 0.6 is 15.9 Å². The number of nitrogens with one attached hydrogen (secondary N) is 1. The maximum Gasteiger partial charge on any atom is 0.328 e. The van der Waals surface area contributed by atoms with Crippen LogP contribution in [0.4, 0.5) is 0 Å². The van der Waals surface area contributed by atoms with E-state index in [1.807, 2.05) is 38.1 Å². The number of carbonyl (C=O) groups is 2. The SMILES string of the molecule is CCCCOC(=O)C(CC)NC(=O)Cc1cccc(Br)c1. The maximum absolute atomic E-state index is 12.0. The maximum atomic E-state index is 12.0. The molecule has 0 aliphatic carbocycles. The van der Waals surface area contributed by atoms with Crippen molar-refractivity contribution in [3.05, 3.63) is 34.3 Å². The van der Waals surface area contributed by atoms with Crippen molar-refractivity contribution >= 4 is 27.8 Å². The second-order valence-electron chi connectivity index (χ2n) is 4.86. The number of ether oxygens (including phenoxy) is 1. The van der Waals surface area contributed by atoms with E-state index in [-0.39, 0.29) is 18.3 Å². The van der Waals surface area contributed by atoms with E-state index < -0.39 is 6.04 Å². The van der Waals surface area contributed by atoms with Gasteiger partial charge in [0.15, 0.2) is 0 Å². The van der Waals surface area contributed by atoms with Crippen molar-refractivity contribution in [2.45, 2.75) is 45.6 Å².